The summed E-state index contributed by atoms with van der Waals surface area (Å²) in [6.07, 6.45) is 0.129. The molecule has 0 fully saturated rings. The molecule has 3 heteroatoms. The van der Waals surface area contributed by atoms with Crippen LogP contribution >= 0.6 is 11.6 Å². The molecule has 110 valence electrons. The second-order valence-electron chi connectivity index (χ2n) is 6.29. The Bertz CT molecular complexity index is 692. The number of hydrogen-bond acceptors (Lipinski definition) is 2. The predicted molar refractivity (Wildman–Crippen MR) is 85.1 cm³/mol. The summed E-state index contributed by atoms with van der Waals surface area (Å²) in [5.74, 6) is 0.812. The number of para-hydroxylation sites is 1. The van der Waals surface area contributed by atoms with Crippen LogP contribution in [0.25, 0.3) is 0 Å². The molecule has 0 bridgehead atoms. The number of aryl methyl sites for hydroxylation is 1. The summed E-state index contributed by atoms with van der Waals surface area (Å²) in [5, 5.41) is 11.4. The number of aliphatic hydroxyl groups excluding tert-OH is 1. The van der Waals surface area contributed by atoms with Crippen molar-refractivity contribution in [2.75, 3.05) is 0 Å². The first-order valence-corrected chi connectivity index (χ1v) is 7.50. The van der Waals surface area contributed by atoms with Crippen molar-refractivity contribution in [1.82, 2.24) is 0 Å². The van der Waals surface area contributed by atoms with Gasteiger partial charge in [-0.05, 0) is 43.5 Å². The Morgan fingerprint density at radius 1 is 1.24 bits per heavy atom. The molecular formula is C18H19ClO2. The Kier molecular flexibility index (Phi) is 3.46. The average Bonchev–Trinajstić information content (AvgIpc) is 2.74. The quantitative estimate of drug-likeness (QED) is 0.888. The average molecular weight is 303 g/mol. The monoisotopic (exact) mass is 302 g/mol. The third kappa shape index (κ3) is 2.66. The van der Waals surface area contributed by atoms with E-state index in [0.717, 1.165) is 34.4 Å². The smallest absolute Gasteiger partial charge is 0.129 e. The number of rotatable bonds is 2. The molecule has 0 aromatic heterocycles. The number of halogens is 1. The summed E-state index contributed by atoms with van der Waals surface area (Å²) in [6.45, 7) is 6.07. The zero-order valence-corrected chi connectivity index (χ0v) is 13.2. The van der Waals surface area contributed by atoms with E-state index in [1.165, 1.54) is 0 Å². The van der Waals surface area contributed by atoms with Crippen LogP contribution in [0.2, 0.25) is 5.02 Å². The summed E-state index contributed by atoms with van der Waals surface area (Å²) in [6, 6.07) is 11.6. The number of hydrogen-bond donors (Lipinski definition) is 1. The van der Waals surface area contributed by atoms with Gasteiger partial charge in [-0.3, -0.25) is 0 Å². The highest BCUT2D eigenvalue weighted by Crippen LogP contribution is 2.41. The minimum Gasteiger partial charge on any atom is -0.487 e. The van der Waals surface area contributed by atoms with Crippen LogP contribution in [0.3, 0.4) is 0 Å². The number of benzene rings is 2. The fraction of sp³-hybridized carbons (Fsp3) is 0.333. The van der Waals surface area contributed by atoms with Crippen LogP contribution in [0.1, 0.15) is 42.2 Å². The van der Waals surface area contributed by atoms with Gasteiger partial charge in [-0.1, -0.05) is 41.9 Å². The minimum absolute atomic E-state index is 0.219. The van der Waals surface area contributed by atoms with E-state index in [9.17, 15) is 5.11 Å². The first kappa shape index (κ1) is 14.4. The highest BCUT2D eigenvalue weighted by molar-refractivity contribution is 6.31. The molecule has 2 aromatic carbocycles. The molecule has 1 N–H and O–H groups in total. The molecule has 0 saturated heterocycles. The molecule has 21 heavy (non-hydrogen) atoms. The van der Waals surface area contributed by atoms with Crippen molar-refractivity contribution in [2.45, 2.75) is 38.9 Å². The maximum Gasteiger partial charge on any atom is 0.129 e. The minimum atomic E-state index is -0.730. The molecule has 2 nitrogen and oxygen atoms in total. The Morgan fingerprint density at radius 2 is 2.00 bits per heavy atom. The normalized spacial score (nSPS) is 17.2. The molecule has 0 spiro atoms. The van der Waals surface area contributed by atoms with Crippen LogP contribution in [0.5, 0.6) is 5.75 Å². The van der Waals surface area contributed by atoms with E-state index in [2.05, 4.69) is 19.9 Å². The molecule has 1 atom stereocenters. The van der Waals surface area contributed by atoms with Crippen LogP contribution in [0.15, 0.2) is 36.4 Å². The van der Waals surface area contributed by atoms with Crippen LogP contribution in [0, 0.1) is 6.92 Å². The fourth-order valence-electron chi connectivity index (χ4n) is 2.81. The number of aliphatic hydroxyl groups is 1. The zero-order chi connectivity index (χ0) is 15.2. The van der Waals surface area contributed by atoms with E-state index in [1.54, 1.807) is 0 Å². The zero-order valence-electron chi connectivity index (χ0n) is 12.5. The second kappa shape index (κ2) is 5.04. The summed E-state index contributed by atoms with van der Waals surface area (Å²) in [4.78, 5) is 0. The van der Waals surface area contributed by atoms with Gasteiger partial charge in [-0.2, -0.15) is 0 Å². The second-order valence-corrected chi connectivity index (χ2v) is 6.69. The van der Waals surface area contributed by atoms with Crippen molar-refractivity contribution in [2.24, 2.45) is 0 Å². The lowest BCUT2D eigenvalue weighted by Crippen LogP contribution is -2.25. The van der Waals surface area contributed by atoms with Gasteiger partial charge in [0.15, 0.2) is 0 Å². The predicted octanol–water partition coefficient (Wildman–Crippen LogP) is 4.44. The summed E-state index contributed by atoms with van der Waals surface area (Å²) >= 11 is 6.17. The van der Waals surface area contributed by atoms with E-state index >= 15 is 0 Å². The fourth-order valence-corrected chi connectivity index (χ4v) is 3.00. The van der Waals surface area contributed by atoms with Gasteiger partial charge in [-0.15, -0.1) is 0 Å². The van der Waals surface area contributed by atoms with E-state index in [0.29, 0.717) is 5.02 Å². The maximum atomic E-state index is 10.7. The summed E-state index contributed by atoms with van der Waals surface area (Å²) in [5.41, 5.74) is 3.52. The standard InChI is InChI=1S/C18H19ClO2/c1-11-7-8-12(9-15(11)19)16(20)14-6-4-5-13-10-18(2,3)21-17(13)14/h4-9,16,20H,10H2,1-3H3. The van der Waals surface area contributed by atoms with E-state index < -0.39 is 6.10 Å². The van der Waals surface area contributed by atoms with Crippen LogP contribution in [-0.2, 0) is 6.42 Å². The molecule has 0 saturated carbocycles. The highest BCUT2D eigenvalue weighted by atomic mass is 35.5. The van der Waals surface area contributed by atoms with Gasteiger partial charge in [-0.25, -0.2) is 0 Å². The number of ether oxygens (including phenoxy) is 1. The third-order valence-corrected chi connectivity index (χ3v) is 4.33. The molecule has 3 rings (SSSR count). The molecule has 1 unspecified atom stereocenters. The molecule has 0 radical (unpaired) electrons. The van der Waals surface area contributed by atoms with Crippen LogP contribution < -0.4 is 4.74 Å². The van der Waals surface area contributed by atoms with Gasteiger partial charge in [0, 0.05) is 17.0 Å². The van der Waals surface area contributed by atoms with Crippen LogP contribution in [0.4, 0.5) is 0 Å². The molecule has 2 aromatic rings. The van der Waals surface area contributed by atoms with Gasteiger partial charge >= 0.3 is 0 Å². The SMILES string of the molecule is Cc1ccc(C(O)c2cccc3c2OC(C)(C)C3)cc1Cl. The lowest BCUT2D eigenvalue weighted by atomic mass is 9.96. The van der Waals surface area contributed by atoms with Gasteiger partial charge in [0.25, 0.3) is 0 Å². The van der Waals surface area contributed by atoms with Crippen molar-refractivity contribution in [3.05, 3.63) is 63.7 Å². The van der Waals surface area contributed by atoms with E-state index in [1.807, 2.05) is 37.3 Å². The van der Waals surface area contributed by atoms with Crippen molar-refractivity contribution < 1.29 is 9.84 Å². The molecule has 0 amide bonds. The molecular weight excluding hydrogens is 284 g/mol. The molecule has 1 heterocycles. The Hall–Kier alpha value is -1.51. The first-order chi connectivity index (χ1) is 9.87. The van der Waals surface area contributed by atoms with E-state index in [4.69, 9.17) is 16.3 Å². The van der Waals surface area contributed by atoms with Crippen molar-refractivity contribution in [3.63, 3.8) is 0 Å². The van der Waals surface area contributed by atoms with Gasteiger partial charge in [0.2, 0.25) is 0 Å². The van der Waals surface area contributed by atoms with Crippen molar-refractivity contribution in [1.29, 1.82) is 0 Å². The summed E-state index contributed by atoms with van der Waals surface area (Å²) < 4.78 is 6.03. The topological polar surface area (TPSA) is 29.5 Å². The van der Waals surface area contributed by atoms with Crippen molar-refractivity contribution in [3.8, 4) is 5.75 Å². The van der Waals surface area contributed by atoms with Gasteiger partial charge < -0.3 is 9.84 Å². The van der Waals surface area contributed by atoms with Gasteiger partial charge in [0.05, 0.1) is 0 Å². The lowest BCUT2D eigenvalue weighted by Gasteiger charge is -2.20. The Balaban J connectivity index is 2.02. The maximum absolute atomic E-state index is 10.7. The highest BCUT2D eigenvalue weighted by Gasteiger charge is 2.33. The Labute approximate surface area is 130 Å². The third-order valence-electron chi connectivity index (χ3n) is 3.93. The number of fused-ring (bicyclic) bond motifs is 1. The van der Waals surface area contributed by atoms with Gasteiger partial charge in [0.1, 0.15) is 17.5 Å². The van der Waals surface area contributed by atoms with Crippen LogP contribution in [-0.4, -0.2) is 10.7 Å². The first-order valence-electron chi connectivity index (χ1n) is 7.12. The molecule has 1 aliphatic heterocycles. The molecule has 1 aliphatic rings. The van der Waals surface area contributed by atoms with E-state index in [-0.39, 0.29) is 5.60 Å². The Morgan fingerprint density at radius 3 is 2.71 bits per heavy atom. The largest absolute Gasteiger partial charge is 0.487 e. The summed E-state index contributed by atoms with van der Waals surface area (Å²) in [7, 11) is 0. The molecule has 0 aliphatic carbocycles. The lowest BCUT2D eigenvalue weighted by molar-refractivity contribution is 0.131. The van der Waals surface area contributed by atoms with Crippen molar-refractivity contribution >= 4 is 11.6 Å².